The van der Waals surface area contributed by atoms with Crippen LogP contribution in [0.25, 0.3) is 0 Å². The lowest BCUT2D eigenvalue weighted by atomic mass is 10.00. The van der Waals surface area contributed by atoms with Crippen LogP contribution in [-0.2, 0) is 6.42 Å². The lowest BCUT2D eigenvalue weighted by Crippen LogP contribution is -2.14. The second-order valence-corrected chi connectivity index (χ2v) is 4.26. The summed E-state index contributed by atoms with van der Waals surface area (Å²) in [5, 5.41) is 9.60. The minimum Gasteiger partial charge on any atom is -0.506 e. The van der Waals surface area contributed by atoms with E-state index in [0.29, 0.717) is 23.0 Å². The Labute approximate surface area is 91.1 Å². The number of phenols is 1. The molecule has 1 unspecified atom stereocenters. The summed E-state index contributed by atoms with van der Waals surface area (Å²) in [5.74, 6) is -0.249. The van der Waals surface area contributed by atoms with Crippen LogP contribution in [0.5, 0.6) is 5.75 Å². The zero-order valence-corrected chi connectivity index (χ0v) is 9.51. The highest BCUT2D eigenvalue weighted by atomic mass is 79.9. The molecule has 0 aliphatic rings. The number of hydrogen-bond acceptors (Lipinski definition) is 2. The van der Waals surface area contributed by atoms with Gasteiger partial charge < -0.3 is 10.8 Å². The summed E-state index contributed by atoms with van der Waals surface area (Å²) in [4.78, 5) is 0. The fraction of sp³-hybridized carbons (Fsp3) is 0.400. The number of phenolic OH excluding ortho intramolecular Hbond substituents is 1. The van der Waals surface area contributed by atoms with Crippen molar-refractivity contribution in [2.75, 3.05) is 6.54 Å². The fourth-order valence-electron chi connectivity index (χ4n) is 1.21. The predicted molar refractivity (Wildman–Crippen MR) is 57.7 cm³/mol. The van der Waals surface area contributed by atoms with Crippen LogP contribution in [-0.4, -0.2) is 11.7 Å². The maximum atomic E-state index is 13.3. The van der Waals surface area contributed by atoms with Gasteiger partial charge in [0, 0.05) is 5.56 Å². The molecule has 0 saturated heterocycles. The molecular weight excluding hydrogens is 249 g/mol. The lowest BCUT2D eigenvalue weighted by molar-refractivity contribution is 0.444. The molecule has 0 radical (unpaired) electrons. The zero-order valence-electron chi connectivity index (χ0n) is 7.93. The first-order valence-electron chi connectivity index (χ1n) is 4.42. The van der Waals surface area contributed by atoms with Crippen LogP contribution in [0.1, 0.15) is 12.5 Å². The van der Waals surface area contributed by atoms with Gasteiger partial charge in [-0.2, -0.15) is 0 Å². The minimum atomic E-state index is -0.383. The van der Waals surface area contributed by atoms with E-state index in [2.05, 4.69) is 15.9 Å². The molecule has 4 heteroatoms. The molecule has 0 saturated carbocycles. The molecule has 1 rings (SSSR count). The van der Waals surface area contributed by atoms with Crippen LogP contribution in [0.3, 0.4) is 0 Å². The topological polar surface area (TPSA) is 46.2 Å². The Balaban J connectivity index is 3.00. The number of halogens is 2. The van der Waals surface area contributed by atoms with E-state index in [1.54, 1.807) is 0 Å². The summed E-state index contributed by atoms with van der Waals surface area (Å²) < 4.78 is 13.8. The molecule has 1 aromatic rings. The Morgan fingerprint density at radius 2 is 2.21 bits per heavy atom. The van der Waals surface area contributed by atoms with Gasteiger partial charge in [-0.3, -0.25) is 0 Å². The Morgan fingerprint density at radius 3 is 2.79 bits per heavy atom. The Hall–Kier alpha value is -0.610. The molecule has 0 fully saturated rings. The van der Waals surface area contributed by atoms with Crippen LogP contribution in [0.2, 0.25) is 0 Å². The quantitative estimate of drug-likeness (QED) is 0.878. The molecule has 78 valence electrons. The molecule has 0 spiro atoms. The molecule has 0 aromatic heterocycles. The van der Waals surface area contributed by atoms with Gasteiger partial charge in [0.25, 0.3) is 0 Å². The van der Waals surface area contributed by atoms with Gasteiger partial charge in [0.1, 0.15) is 11.6 Å². The average molecular weight is 262 g/mol. The molecule has 0 heterocycles. The summed E-state index contributed by atoms with van der Waals surface area (Å²) in [7, 11) is 0. The van der Waals surface area contributed by atoms with Gasteiger partial charge in [-0.05, 0) is 46.9 Å². The molecule has 0 aliphatic carbocycles. The number of aromatic hydroxyl groups is 1. The average Bonchev–Trinajstić information content (AvgIpc) is 2.18. The van der Waals surface area contributed by atoms with Gasteiger partial charge in [0.2, 0.25) is 0 Å². The largest absolute Gasteiger partial charge is 0.506 e. The summed E-state index contributed by atoms with van der Waals surface area (Å²) in [6.45, 7) is 2.39. The Morgan fingerprint density at radius 1 is 1.57 bits per heavy atom. The number of rotatable bonds is 3. The van der Waals surface area contributed by atoms with E-state index in [4.69, 9.17) is 5.73 Å². The first kappa shape index (κ1) is 11.5. The van der Waals surface area contributed by atoms with Gasteiger partial charge in [-0.1, -0.05) is 6.92 Å². The molecule has 1 atom stereocenters. The summed E-state index contributed by atoms with van der Waals surface area (Å²) in [6.07, 6.45) is 0.452. The van der Waals surface area contributed by atoms with Gasteiger partial charge in [-0.25, -0.2) is 4.39 Å². The predicted octanol–water partition coefficient (Wildman–Crippen LogP) is 2.43. The van der Waals surface area contributed by atoms with Crippen molar-refractivity contribution in [3.8, 4) is 5.75 Å². The third kappa shape index (κ3) is 2.45. The van der Waals surface area contributed by atoms with Gasteiger partial charge in [0.05, 0.1) is 4.47 Å². The van der Waals surface area contributed by atoms with Crippen molar-refractivity contribution in [3.63, 3.8) is 0 Å². The highest BCUT2D eigenvalue weighted by Gasteiger charge is 2.13. The highest BCUT2D eigenvalue weighted by Crippen LogP contribution is 2.31. The summed E-state index contributed by atoms with van der Waals surface area (Å²) in [6, 6.07) is 2.82. The van der Waals surface area contributed by atoms with Crippen molar-refractivity contribution in [1.29, 1.82) is 0 Å². The van der Waals surface area contributed by atoms with Crippen LogP contribution < -0.4 is 5.73 Å². The molecule has 2 nitrogen and oxygen atoms in total. The van der Waals surface area contributed by atoms with Crippen molar-refractivity contribution < 1.29 is 9.50 Å². The third-order valence-electron chi connectivity index (χ3n) is 2.13. The molecule has 0 amide bonds. The van der Waals surface area contributed by atoms with Crippen molar-refractivity contribution in [2.24, 2.45) is 11.7 Å². The van der Waals surface area contributed by atoms with Gasteiger partial charge in [0.15, 0.2) is 0 Å². The number of benzene rings is 1. The monoisotopic (exact) mass is 261 g/mol. The molecule has 14 heavy (non-hydrogen) atoms. The van der Waals surface area contributed by atoms with Crippen LogP contribution in [0.4, 0.5) is 4.39 Å². The zero-order chi connectivity index (χ0) is 10.7. The second-order valence-electron chi connectivity index (χ2n) is 3.40. The van der Waals surface area contributed by atoms with E-state index >= 15 is 0 Å². The molecule has 1 aromatic carbocycles. The highest BCUT2D eigenvalue weighted by molar-refractivity contribution is 9.10. The van der Waals surface area contributed by atoms with E-state index < -0.39 is 0 Å². The van der Waals surface area contributed by atoms with Crippen LogP contribution in [0, 0.1) is 11.7 Å². The van der Waals surface area contributed by atoms with Crippen molar-refractivity contribution in [2.45, 2.75) is 13.3 Å². The SMILES string of the molecule is CC(CN)Cc1c(F)ccc(Br)c1O. The van der Waals surface area contributed by atoms with Crippen LogP contribution in [0.15, 0.2) is 16.6 Å². The summed E-state index contributed by atoms with van der Waals surface area (Å²) in [5.41, 5.74) is 5.77. The molecular formula is C10H13BrFNO. The molecule has 0 bridgehead atoms. The number of nitrogens with two attached hydrogens (primary N) is 1. The first-order chi connectivity index (χ1) is 6.56. The van der Waals surface area contributed by atoms with E-state index in [-0.39, 0.29) is 17.5 Å². The minimum absolute atomic E-state index is 0.0229. The third-order valence-corrected chi connectivity index (χ3v) is 2.77. The maximum Gasteiger partial charge on any atom is 0.135 e. The lowest BCUT2D eigenvalue weighted by Gasteiger charge is -2.11. The Bertz CT molecular complexity index is 330. The van der Waals surface area contributed by atoms with Crippen molar-refractivity contribution in [1.82, 2.24) is 0 Å². The smallest absolute Gasteiger partial charge is 0.135 e. The molecule has 0 aliphatic heterocycles. The van der Waals surface area contributed by atoms with Crippen molar-refractivity contribution in [3.05, 3.63) is 28.0 Å². The van der Waals surface area contributed by atoms with E-state index in [1.807, 2.05) is 6.92 Å². The molecule has 3 N–H and O–H groups in total. The van der Waals surface area contributed by atoms with Crippen LogP contribution >= 0.6 is 15.9 Å². The van der Waals surface area contributed by atoms with Gasteiger partial charge in [-0.15, -0.1) is 0 Å². The standard InChI is InChI=1S/C10H13BrFNO/c1-6(5-13)4-7-9(12)3-2-8(11)10(7)14/h2-3,6,14H,4-5,13H2,1H3. The van der Waals surface area contributed by atoms with Crippen molar-refractivity contribution >= 4 is 15.9 Å². The maximum absolute atomic E-state index is 13.3. The second kappa shape index (κ2) is 4.75. The fourth-order valence-corrected chi connectivity index (χ4v) is 1.58. The summed E-state index contributed by atoms with van der Waals surface area (Å²) >= 11 is 3.14. The Kier molecular flexibility index (Phi) is 3.89. The van der Waals surface area contributed by atoms with E-state index in [1.165, 1.54) is 12.1 Å². The van der Waals surface area contributed by atoms with E-state index in [0.717, 1.165) is 0 Å². The normalized spacial score (nSPS) is 12.9. The first-order valence-corrected chi connectivity index (χ1v) is 5.21. The van der Waals surface area contributed by atoms with Gasteiger partial charge >= 0.3 is 0 Å². The van der Waals surface area contributed by atoms with E-state index in [9.17, 15) is 9.50 Å². The number of hydrogen-bond donors (Lipinski definition) is 2.